The number of anilines is 1. The number of carbonyl (C=O) groups is 4. The van der Waals surface area contributed by atoms with Crippen LogP contribution < -0.4 is 15.6 Å². The van der Waals surface area contributed by atoms with Gasteiger partial charge in [-0.1, -0.05) is 5.16 Å². The Morgan fingerprint density at radius 3 is 2.60 bits per heavy atom. The summed E-state index contributed by atoms with van der Waals surface area (Å²) in [5, 5.41) is 24.5. The summed E-state index contributed by atoms with van der Waals surface area (Å²) >= 11 is 2.15. The number of oxime groups is 1. The maximum Gasteiger partial charge on any atom is 0.352 e. The Bertz CT molecular complexity index is 1270. The van der Waals surface area contributed by atoms with E-state index in [9.17, 15) is 24.3 Å². The number of rotatable bonds is 8. The lowest BCUT2D eigenvalue weighted by Crippen LogP contribution is -2.71. The fourth-order valence-electron chi connectivity index (χ4n) is 3.55. The van der Waals surface area contributed by atoms with Crippen LogP contribution in [0.3, 0.4) is 0 Å². The van der Waals surface area contributed by atoms with Gasteiger partial charge in [0.25, 0.3) is 11.8 Å². The van der Waals surface area contributed by atoms with E-state index in [2.05, 4.69) is 24.7 Å². The molecular formula is C19H18N7O7S2+. The summed E-state index contributed by atoms with van der Waals surface area (Å²) in [7, 11) is 1.23. The average Bonchev–Trinajstić information content (AvgIpc) is 3.26. The summed E-state index contributed by atoms with van der Waals surface area (Å²) in [6.07, 6.45) is 3.03. The molecule has 182 valence electrons. The quantitative estimate of drug-likeness (QED) is 0.142. The molecule has 0 spiro atoms. The summed E-state index contributed by atoms with van der Waals surface area (Å²) in [4.78, 5) is 58.5. The van der Waals surface area contributed by atoms with Crippen LogP contribution in [0.25, 0.3) is 0 Å². The van der Waals surface area contributed by atoms with E-state index in [1.807, 2.05) is 0 Å². The van der Waals surface area contributed by atoms with E-state index in [-0.39, 0.29) is 40.2 Å². The zero-order valence-corrected chi connectivity index (χ0v) is 19.6. The number of nitrogens with zero attached hydrogens (tertiary/aromatic N) is 5. The van der Waals surface area contributed by atoms with Gasteiger partial charge in [0.1, 0.15) is 24.2 Å². The van der Waals surface area contributed by atoms with Gasteiger partial charge in [-0.2, -0.15) is 9.36 Å². The highest BCUT2D eigenvalue weighted by molar-refractivity contribution is 8.00. The minimum Gasteiger partial charge on any atom is -0.478 e. The fraction of sp³-hybridized carbons (Fsp3) is 0.263. The Hall–Kier alpha value is -4.05. The van der Waals surface area contributed by atoms with E-state index in [1.165, 1.54) is 43.4 Å². The highest BCUT2D eigenvalue weighted by Gasteiger charge is 2.54. The summed E-state index contributed by atoms with van der Waals surface area (Å²) in [5.74, 6) is -3.52. The molecule has 1 fully saturated rings. The van der Waals surface area contributed by atoms with Crippen molar-refractivity contribution in [2.24, 2.45) is 5.16 Å². The van der Waals surface area contributed by atoms with E-state index in [1.54, 1.807) is 4.57 Å². The number of aromatic carboxylic acids is 1. The first-order valence-corrected chi connectivity index (χ1v) is 11.7. The molecule has 5 N–H and O–H groups in total. The van der Waals surface area contributed by atoms with Crippen LogP contribution >= 0.6 is 23.3 Å². The first-order chi connectivity index (χ1) is 16.7. The third-order valence-electron chi connectivity index (χ3n) is 5.10. The van der Waals surface area contributed by atoms with Crippen molar-refractivity contribution < 1.29 is 38.8 Å². The Balaban J connectivity index is 1.52. The highest BCUT2D eigenvalue weighted by atomic mass is 32.2. The van der Waals surface area contributed by atoms with Crippen molar-refractivity contribution in [3.05, 3.63) is 47.2 Å². The van der Waals surface area contributed by atoms with E-state index in [0.29, 0.717) is 5.57 Å². The van der Waals surface area contributed by atoms with Crippen LogP contribution in [0.2, 0.25) is 0 Å². The van der Waals surface area contributed by atoms with Gasteiger partial charge in [0.05, 0.1) is 5.56 Å². The van der Waals surface area contributed by atoms with Gasteiger partial charge in [-0.05, 0) is 0 Å². The standard InChI is InChI=1S/C19H17N7O7S2/c1-33-23-10(13-22-19(20)35-24-13)14(27)21-11-15(28)26-12(18(31)32)9(7-34-16(11)26)6-25-4-2-8(3-5-25)17(29)30/h2-5,11,16H,6-7H2,1H3,(H4-,20,21,22,24,27,29,30,31,32)/p+1/b23-10-/t11-,16+/m1/s1. The number of amides is 2. The summed E-state index contributed by atoms with van der Waals surface area (Å²) in [5.41, 5.74) is 5.67. The predicted molar refractivity (Wildman–Crippen MR) is 121 cm³/mol. The van der Waals surface area contributed by atoms with E-state index in [0.717, 1.165) is 16.4 Å². The first kappa shape index (κ1) is 24.1. The van der Waals surface area contributed by atoms with Crippen molar-refractivity contribution in [3.8, 4) is 0 Å². The van der Waals surface area contributed by atoms with Crippen LogP contribution in [0.1, 0.15) is 16.2 Å². The number of pyridine rings is 1. The molecule has 35 heavy (non-hydrogen) atoms. The number of nitrogens with two attached hydrogens (primary N) is 1. The average molecular weight is 521 g/mol. The van der Waals surface area contributed by atoms with Gasteiger partial charge in [0, 0.05) is 35.0 Å². The summed E-state index contributed by atoms with van der Waals surface area (Å²) in [6, 6.07) is 1.79. The minimum absolute atomic E-state index is 0.0638. The molecule has 0 bridgehead atoms. The van der Waals surface area contributed by atoms with Crippen LogP contribution in [0.4, 0.5) is 5.13 Å². The molecule has 0 saturated carbocycles. The van der Waals surface area contributed by atoms with E-state index in [4.69, 9.17) is 10.8 Å². The van der Waals surface area contributed by atoms with Gasteiger partial charge in [0.2, 0.25) is 11.5 Å². The molecule has 2 atom stereocenters. The molecule has 2 aromatic rings. The molecule has 0 aliphatic carbocycles. The van der Waals surface area contributed by atoms with Gasteiger partial charge in [-0.3, -0.25) is 14.5 Å². The molecule has 2 amide bonds. The number of β-lactam (4-membered cyclic amide) rings is 1. The third-order valence-corrected chi connectivity index (χ3v) is 6.98. The monoisotopic (exact) mass is 520 g/mol. The van der Waals surface area contributed by atoms with Gasteiger partial charge < -0.3 is 26.1 Å². The SMILES string of the molecule is CO/N=C(\C(=O)N[C@@H]1C(=O)N2C(C(=O)O)=C(C[n+]3ccc(C(=O)O)cc3)CS[C@@H]12)c1nsc(N)n1. The van der Waals surface area contributed by atoms with Gasteiger partial charge in [-0.15, -0.1) is 11.8 Å². The molecule has 0 aromatic carbocycles. The Labute approximate surface area is 205 Å². The predicted octanol–water partition coefficient (Wildman–Crippen LogP) is -1.10. The molecule has 0 unspecified atom stereocenters. The lowest BCUT2D eigenvalue weighted by atomic mass is 10.0. The van der Waals surface area contributed by atoms with Crippen molar-refractivity contribution in [1.29, 1.82) is 0 Å². The molecule has 4 heterocycles. The number of aromatic nitrogens is 3. The number of carboxylic acid groups (broad SMARTS) is 2. The van der Waals surface area contributed by atoms with Crippen molar-refractivity contribution in [1.82, 2.24) is 19.6 Å². The highest BCUT2D eigenvalue weighted by Crippen LogP contribution is 2.40. The topological polar surface area (TPSA) is 201 Å². The Morgan fingerprint density at radius 1 is 1.31 bits per heavy atom. The molecule has 2 aliphatic rings. The van der Waals surface area contributed by atoms with Gasteiger partial charge in [0.15, 0.2) is 24.1 Å². The number of nitrogens with one attached hydrogen (secondary N) is 1. The normalized spacial score (nSPS) is 19.6. The van der Waals surface area contributed by atoms with Crippen LogP contribution in [0, 0.1) is 0 Å². The zero-order chi connectivity index (χ0) is 25.3. The van der Waals surface area contributed by atoms with Gasteiger partial charge in [-0.25, -0.2) is 14.2 Å². The van der Waals surface area contributed by atoms with Crippen LogP contribution in [-0.4, -0.2) is 78.2 Å². The van der Waals surface area contributed by atoms with Crippen LogP contribution in [-0.2, 0) is 25.8 Å². The molecule has 1 saturated heterocycles. The minimum atomic E-state index is -1.28. The number of thioether (sulfide) groups is 1. The first-order valence-electron chi connectivity index (χ1n) is 9.85. The number of hydrogen-bond acceptors (Lipinski definition) is 11. The molecule has 4 rings (SSSR count). The number of carboxylic acids is 2. The molecule has 2 aromatic heterocycles. The fourth-order valence-corrected chi connectivity index (χ4v) is 5.32. The maximum atomic E-state index is 12.9. The summed E-state index contributed by atoms with van der Waals surface area (Å²) in [6.45, 7) is 0.142. The molecule has 0 radical (unpaired) electrons. The van der Waals surface area contributed by atoms with Gasteiger partial charge >= 0.3 is 11.9 Å². The Kier molecular flexibility index (Phi) is 6.65. The molecular weight excluding hydrogens is 502 g/mol. The van der Waals surface area contributed by atoms with Crippen LogP contribution in [0.15, 0.2) is 41.0 Å². The number of aliphatic carboxylic acids is 1. The largest absolute Gasteiger partial charge is 0.478 e. The molecule has 16 heteroatoms. The second-order valence-corrected chi connectivity index (χ2v) is 9.15. The van der Waals surface area contributed by atoms with E-state index < -0.39 is 35.2 Å². The molecule has 2 aliphatic heterocycles. The van der Waals surface area contributed by atoms with Crippen molar-refractivity contribution >= 4 is 57.9 Å². The number of carbonyl (C=O) groups excluding carboxylic acids is 2. The smallest absolute Gasteiger partial charge is 0.352 e. The van der Waals surface area contributed by atoms with E-state index >= 15 is 0 Å². The lowest BCUT2D eigenvalue weighted by molar-refractivity contribution is -0.689. The number of nitrogen functional groups attached to an aromatic ring is 1. The Morgan fingerprint density at radius 2 is 2.03 bits per heavy atom. The second-order valence-electron chi connectivity index (χ2n) is 7.26. The van der Waals surface area contributed by atoms with Crippen molar-refractivity contribution in [2.75, 3.05) is 18.6 Å². The van der Waals surface area contributed by atoms with Crippen molar-refractivity contribution in [2.45, 2.75) is 18.0 Å². The second kappa shape index (κ2) is 9.67. The third kappa shape index (κ3) is 4.65. The maximum absolute atomic E-state index is 12.9. The number of hydrogen-bond donors (Lipinski definition) is 4. The van der Waals surface area contributed by atoms with Crippen molar-refractivity contribution in [3.63, 3.8) is 0 Å². The van der Waals surface area contributed by atoms with Crippen LogP contribution in [0.5, 0.6) is 0 Å². The lowest BCUT2D eigenvalue weighted by Gasteiger charge is -2.49. The summed E-state index contributed by atoms with van der Waals surface area (Å²) < 4.78 is 5.54. The zero-order valence-electron chi connectivity index (χ0n) is 17.9. The number of fused-ring (bicyclic) bond motifs is 1. The molecule has 14 nitrogen and oxygen atoms in total.